The van der Waals surface area contributed by atoms with Gasteiger partial charge in [-0.15, -0.1) is 0 Å². The van der Waals surface area contributed by atoms with Crippen molar-refractivity contribution in [3.8, 4) is 16.9 Å². The van der Waals surface area contributed by atoms with Crippen LogP contribution < -0.4 is 10.3 Å². The van der Waals surface area contributed by atoms with E-state index in [0.717, 1.165) is 28.9 Å². The molecule has 1 aliphatic heterocycles. The number of carboxylic acids is 1. The fraction of sp³-hybridized carbons (Fsp3) is 0.194. The van der Waals surface area contributed by atoms with Gasteiger partial charge in [-0.2, -0.15) is 17.5 Å². The predicted molar refractivity (Wildman–Crippen MR) is 176 cm³/mol. The second-order valence-electron chi connectivity index (χ2n) is 11.6. The van der Waals surface area contributed by atoms with Crippen molar-refractivity contribution in [1.29, 1.82) is 0 Å². The number of esters is 1. The first-order valence-electron chi connectivity index (χ1n) is 15.2. The van der Waals surface area contributed by atoms with Crippen molar-refractivity contribution >= 4 is 32.7 Å². The number of fused-ring (bicyclic) bond motifs is 2. The van der Waals surface area contributed by atoms with Gasteiger partial charge >= 0.3 is 18.1 Å². The minimum Gasteiger partial charge on any atom is -0.497 e. The molecule has 1 aromatic heterocycles. The molecular weight excluding hydrogens is 677 g/mol. The second kappa shape index (κ2) is 13.1. The molecule has 0 saturated carbocycles. The number of carbonyl (C=O) groups excluding carboxylic acids is 1. The van der Waals surface area contributed by atoms with Crippen molar-refractivity contribution < 1.29 is 45.8 Å². The third-order valence-electron chi connectivity index (χ3n) is 8.67. The average molecular weight is 707 g/mol. The molecule has 1 unspecified atom stereocenters. The maximum atomic E-state index is 14.7. The molecular formula is C36H29F3N2O8S. The number of nitrogens with zero attached hydrogens (tertiary/aromatic N) is 2. The van der Waals surface area contributed by atoms with Gasteiger partial charge < -0.3 is 14.6 Å². The fourth-order valence-corrected chi connectivity index (χ4v) is 8.19. The number of pyridine rings is 1. The van der Waals surface area contributed by atoms with Crippen LogP contribution in [0.2, 0.25) is 0 Å². The van der Waals surface area contributed by atoms with Gasteiger partial charge in [0.25, 0.3) is 15.6 Å². The minimum atomic E-state index is -4.86. The summed E-state index contributed by atoms with van der Waals surface area (Å²) < 4.78 is 83.3. The molecule has 0 amide bonds. The van der Waals surface area contributed by atoms with Gasteiger partial charge in [0.1, 0.15) is 17.4 Å². The van der Waals surface area contributed by atoms with Crippen LogP contribution in [-0.2, 0) is 38.7 Å². The number of aromatic carboxylic acids is 1. The summed E-state index contributed by atoms with van der Waals surface area (Å²) in [6.45, 7) is -0.937. The summed E-state index contributed by atoms with van der Waals surface area (Å²) in [6, 6.07) is 20.7. The van der Waals surface area contributed by atoms with Crippen molar-refractivity contribution in [2.24, 2.45) is 0 Å². The summed E-state index contributed by atoms with van der Waals surface area (Å²) in [5, 5.41) is 11.1. The maximum Gasteiger partial charge on any atom is 0.416 e. The molecule has 5 aromatic rings. The van der Waals surface area contributed by atoms with Gasteiger partial charge in [-0.05, 0) is 63.7 Å². The first kappa shape index (κ1) is 34.4. The molecule has 2 heterocycles. The van der Waals surface area contributed by atoms with Crippen LogP contribution in [-0.4, -0.2) is 55.1 Å². The Morgan fingerprint density at radius 2 is 1.62 bits per heavy atom. The topological polar surface area (TPSA) is 132 Å². The van der Waals surface area contributed by atoms with Crippen molar-refractivity contribution in [1.82, 2.24) is 8.87 Å². The highest BCUT2D eigenvalue weighted by Gasteiger charge is 2.46. The molecule has 14 heteroatoms. The van der Waals surface area contributed by atoms with E-state index in [4.69, 9.17) is 9.47 Å². The van der Waals surface area contributed by atoms with Crippen molar-refractivity contribution in [3.05, 3.63) is 129 Å². The largest absolute Gasteiger partial charge is 0.497 e. The fourth-order valence-electron chi connectivity index (χ4n) is 6.33. The van der Waals surface area contributed by atoms with Crippen LogP contribution in [0.25, 0.3) is 21.9 Å². The van der Waals surface area contributed by atoms with Crippen LogP contribution in [0.5, 0.6) is 5.75 Å². The number of halogens is 3. The number of carboxylic acid groups (broad SMARTS) is 1. The van der Waals surface area contributed by atoms with Gasteiger partial charge in [0.2, 0.25) is 0 Å². The molecule has 0 fully saturated rings. The summed E-state index contributed by atoms with van der Waals surface area (Å²) in [5.74, 6) is -2.32. The summed E-state index contributed by atoms with van der Waals surface area (Å²) in [4.78, 5) is 40.6. The van der Waals surface area contributed by atoms with E-state index < -0.39 is 68.0 Å². The highest BCUT2D eigenvalue weighted by atomic mass is 32.2. The van der Waals surface area contributed by atoms with E-state index in [1.807, 2.05) is 0 Å². The molecule has 1 N–H and O–H groups in total. The Labute approximate surface area is 284 Å². The van der Waals surface area contributed by atoms with Crippen LogP contribution in [0.15, 0.2) is 101 Å². The number of hydrogen-bond acceptors (Lipinski definition) is 7. The molecule has 0 spiro atoms. The zero-order chi connectivity index (χ0) is 36.0. The van der Waals surface area contributed by atoms with E-state index in [0.29, 0.717) is 32.9 Å². The molecule has 4 aromatic carbocycles. The van der Waals surface area contributed by atoms with Gasteiger partial charge in [0.15, 0.2) is 5.03 Å². The Morgan fingerprint density at radius 1 is 0.940 bits per heavy atom. The quantitative estimate of drug-likeness (QED) is 0.197. The smallest absolute Gasteiger partial charge is 0.416 e. The van der Waals surface area contributed by atoms with Crippen LogP contribution >= 0.6 is 0 Å². The van der Waals surface area contributed by atoms with Gasteiger partial charge in [0, 0.05) is 18.7 Å². The number of carbonyl (C=O) groups is 2. The summed E-state index contributed by atoms with van der Waals surface area (Å²) >= 11 is 0. The first-order chi connectivity index (χ1) is 23.8. The monoisotopic (exact) mass is 706 g/mol. The molecule has 0 saturated heterocycles. The zero-order valence-electron chi connectivity index (χ0n) is 26.6. The lowest BCUT2D eigenvalue weighted by molar-refractivity contribution is -0.145. The number of alkyl halides is 3. The Kier molecular flexibility index (Phi) is 9.01. The lowest BCUT2D eigenvalue weighted by atomic mass is 9.90. The van der Waals surface area contributed by atoms with Crippen LogP contribution in [0.4, 0.5) is 13.2 Å². The number of hydrogen-bond donors (Lipinski definition) is 1. The number of ether oxygens (including phenoxy) is 2. The normalized spacial score (nSPS) is 15.7. The average Bonchev–Trinajstić information content (AvgIpc) is 3.09. The number of sulfonamides is 1. The van der Waals surface area contributed by atoms with Gasteiger partial charge in [-0.3, -0.25) is 9.36 Å². The summed E-state index contributed by atoms with van der Waals surface area (Å²) in [7, 11) is -2.36. The zero-order valence-corrected chi connectivity index (χ0v) is 27.4. The van der Waals surface area contributed by atoms with E-state index in [-0.39, 0.29) is 24.1 Å². The summed E-state index contributed by atoms with van der Waals surface area (Å²) in [6.07, 6.45) is -5.21. The van der Waals surface area contributed by atoms with E-state index in [9.17, 15) is 41.1 Å². The Hall–Kier alpha value is -5.47. The third-order valence-corrected chi connectivity index (χ3v) is 10.5. The standard InChI is InChI=1S/C36H29F3N2O8S/c1-48-26-15-13-21(14-16-26)19-40-20-29(35(45)49-2)41-32(42)31(34(43)44)28(18-23-9-5-8-22-7-3-4-12-27(22)23)30(33(41)50(40,46)47)24-10-6-11-25(17-24)36(37,38)39/h3-17,29H,18-20H2,1-2H3,(H,43,44). The van der Waals surface area contributed by atoms with E-state index >= 15 is 0 Å². The highest BCUT2D eigenvalue weighted by molar-refractivity contribution is 7.89. The van der Waals surface area contributed by atoms with E-state index in [2.05, 4.69) is 0 Å². The van der Waals surface area contributed by atoms with Crippen molar-refractivity contribution in [2.75, 3.05) is 20.8 Å². The molecule has 1 atom stereocenters. The van der Waals surface area contributed by atoms with E-state index in [1.165, 1.54) is 13.2 Å². The lowest BCUT2D eigenvalue weighted by Crippen LogP contribution is -2.50. The number of aromatic nitrogens is 1. The molecule has 10 nitrogen and oxygen atoms in total. The lowest BCUT2D eigenvalue weighted by Gasteiger charge is -2.36. The molecule has 50 heavy (non-hydrogen) atoms. The molecule has 0 aliphatic carbocycles. The predicted octanol–water partition coefficient (Wildman–Crippen LogP) is 5.90. The second-order valence-corrected chi connectivity index (χ2v) is 13.4. The maximum absolute atomic E-state index is 14.7. The van der Waals surface area contributed by atoms with Crippen molar-refractivity contribution in [2.45, 2.75) is 30.2 Å². The van der Waals surface area contributed by atoms with Crippen LogP contribution in [0, 0.1) is 0 Å². The van der Waals surface area contributed by atoms with Gasteiger partial charge in [-0.1, -0.05) is 66.7 Å². The molecule has 1 aliphatic rings. The molecule has 6 rings (SSSR count). The van der Waals surface area contributed by atoms with E-state index in [1.54, 1.807) is 66.7 Å². The van der Waals surface area contributed by atoms with Gasteiger partial charge in [-0.25, -0.2) is 18.0 Å². The Bertz CT molecular complexity index is 2310. The number of rotatable bonds is 8. The Balaban J connectivity index is 1.73. The first-order valence-corrected chi connectivity index (χ1v) is 16.6. The minimum absolute atomic E-state index is 0.310. The SMILES string of the molecule is COC(=O)C1CN(Cc2ccc(OC)cc2)S(=O)(=O)c2c(-c3cccc(C(F)(F)F)c3)c(Cc3cccc4ccccc34)c(C(=O)O)c(=O)n21. The molecule has 0 bridgehead atoms. The van der Waals surface area contributed by atoms with Crippen LogP contribution in [0.3, 0.4) is 0 Å². The number of benzene rings is 4. The third kappa shape index (κ3) is 6.11. The highest BCUT2D eigenvalue weighted by Crippen LogP contribution is 2.42. The summed E-state index contributed by atoms with van der Waals surface area (Å²) in [5.41, 5.74) is -3.50. The van der Waals surface area contributed by atoms with Crippen LogP contribution in [0.1, 0.15) is 38.7 Å². The van der Waals surface area contributed by atoms with Gasteiger partial charge in [0.05, 0.1) is 19.8 Å². The molecule has 258 valence electrons. The molecule has 0 radical (unpaired) electrons. The Morgan fingerprint density at radius 3 is 2.28 bits per heavy atom. The van der Waals surface area contributed by atoms with Crippen molar-refractivity contribution in [3.63, 3.8) is 0 Å². The number of methoxy groups -OCH3 is 2.